The lowest BCUT2D eigenvalue weighted by atomic mass is 9.97. The smallest absolute Gasteiger partial charge is 0.0341 e. The van der Waals surface area contributed by atoms with Gasteiger partial charge >= 0.3 is 0 Å². The molecule has 0 heterocycles. The molecule has 1 aliphatic rings. The minimum atomic E-state index is 0.820. The van der Waals surface area contributed by atoms with E-state index in [0.29, 0.717) is 0 Å². The summed E-state index contributed by atoms with van der Waals surface area (Å²) in [5, 5.41) is 3.42. The highest BCUT2D eigenvalue weighted by molar-refractivity contribution is 5.51. The summed E-state index contributed by atoms with van der Waals surface area (Å²) in [5.74, 6) is 0. The molecule has 0 bridgehead atoms. The van der Waals surface area contributed by atoms with Gasteiger partial charge in [0.1, 0.15) is 0 Å². The second-order valence-electron chi connectivity index (χ2n) is 4.41. The predicted octanol–water partition coefficient (Wildman–Crippen LogP) is 3.57. The number of rotatable bonds is 4. The molecule has 86 valence electrons. The Morgan fingerprint density at radius 3 is 2.62 bits per heavy atom. The fraction of sp³-hybridized carbons (Fsp3) is 0.429. The molecule has 0 spiro atoms. The third kappa shape index (κ3) is 3.30. The van der Waals surface area contributed by atoms with Crippen molar-refractivity contribution in [3.63, 3.8) is 0 Å². The molecule has 0 radical (unpaired) electrons. The number of benzene rings is 1. The molecule has 0 atom stereocenters. The van der Waals surface area contributed by atoms with E-state index in [0.717, 1.165) is 17.9 Å². The molecular formula is C14H20N2. The fourth-order valence-electron chi connectivity index (χ4n) is 2.10. The van der Waals surface area contributed by atoms with Crippen molar-refractivity contribution >= 4 is 11.4 Å². The summed E-state index contributed by atoms with van der Waals surface area (Å²) in [5.41, 5.74) is 9.23. The van der Waals surface area contributed by atoms with Gasteiger partial charge in [-0.3, -0.25) is 0 Å². The SMILES string of the molecule is Nc1ccc(NCCC2=CCCCC2)cc1. The summed E-state index contributed by atoms with van der Waals surface area (Å²) < 4.78 is 0. The minimum Gasteiger partial charge on any atom is -0.399 e. The first kappa shape index (κ1) is 11.1. The van der Waals surface area contributed by atoms with Crippen LogP contribution < -0.4 is 11.1 Å². The summed E-state index contributed by atoms with van der Waals surface area (Å²) in [7, 11) is 0. The highest BCUT2D eigenvalue weighted by Crippen LogP contribution is 2.20. The Hall–Kier alpha value is -1.44. The van der Waals surface area contributed by atoms with Gasteiger partial charge < -0.3 is 11.1 Å². The Labute approximate surface area is 97.5 Å². The zero-order valence-corrected chi connectivity index (χ0v) is 9.71. The molecule has 0 unspecified atom stereocenters. The van der Waals surface area contributed by atoms with Gasteiger partial charge in [0.05, 0.1) is 0 Å². The van der Waals surface area contributed by atoms with Crippen LogP contribution in [0.3, 0.4) is 0 Å². The van der Waals surface area contributed by atoms with E-state index in [-0.39, 0.29) is 0 Å². The largest absolute Gasteiger partial charge is 0.399 e. The van der Waals surface area contributed by atoms with Crippen LogP contribution in [0, 0.1) is 0 Å². The van der Waals surface area contributed by atoms with E-state index in [1.165, 1.54) is 32.1 Å². The second-order valence-corrected chi connectivity index (χ2v) is 4.41. The molecular weight excluding hydrogens is 196 g/mol. The molecule has 0 saturated carbocycles. The van der Waals surface area contributed by atoms with Gasteiger partial charge in [-0.1, -0.05) is 11.6 Å². The van der Waals surface area contributed by atoms with Crippen molar-refractivity contribution in [3.8, 4) is 0 Å². The lowest BCUT2D eigenvalue weighted by Gasteiger charge is -2.13. The average Bonchev–Trinajstić information content (AvgIpc) is 2.33. The highest BCUT2D eigenvalue weighted by Gasteiger charge is 2.02. The first-order chi connectivity index (χ1) is 7.84. The number of hydrogen-bond acceptors (Lipinski definition) is 2. The van der Waals surface area contributed by atoms with Crippen LogP contribution in [0.5, 0.6) is 0 Å². The van der Waals surface area contributed by atoms with Gasteiger partial charge in [-0.05, 0) is 56.4 Å². The Morgan fingerprint density at radius 2 is 1.94 bits per heavy atom. The Bertz CT molecular complexity index is 352. The lowest BCUT2D eigenvalue weighted by Crippen LogP contribution is -2.04. The van der Waals surface area contributed by atoms with Crippen LogP contribution in [0.15, 0.2) is 35.9 Å². The van der Waals surface area contributed by atoms with E-state index in [4.69, 9.17) is 5.73 Å². The number of nitrogens with two attached hydrogens (primary N) is 1. The fourth-order valence-corrected chi connectivity index (χ4v) is 2.10. The summed E-state index contributed by atoms with van der Waals surface area (Å²) >= 11 is 0. The molecule has 0 aliphatic heterocycles. The van der Waals surface area contributed by atoms with Gasteiger partial charge in [-0.2, -0.15) is 0 Å². The van der Waals surface area contributed by atoms with Gasteiger partial charge in [0.2, 0.25) is 0 Å². The van der Waals surface area contributed by atoms with E-state index in [9.17, 15) is 0 Å². The van der Waals surface area contributed by atoms with E-state index >= 15 is 0 Å². The van der Waals surface area contributed by atoms with Crippen molar-refractivity contribution in [3.05, 3.63) is 35.9 Å². The molecule has 0 aromatic heterocycles. The van der Waals surface area contributed by atoms with Crippen LogP contribution in [-0.2, 0) is 0 Å². The number of anilines is 2. The average molecular weight is 216 g/mol. The molecule has 2 nitrogen and oxygen atoms in total. The quantitative estimate of drug-likeness (QED) is 0.596. The molecule has 1 aliphatic carbocycles. The third-order valence-electron chi connectivity index (χ3n) is 3.07. The molecule has 3 N–H and O–H groups in total. The number of nitrogen functional groups attached to an aromatic ring is 1. The van der Waals surface area contributed by atoms with Crippen molar-refractivity contribution < 1.29 is 0 Å². The third-order valence-corrected chi connectivity index (χ3v) is 3.07. The summed E-state index contributed by atoms with van der Waals surface area (Å²) in [6.07, 6.45) is 8.89. The molecule has 1 aromatic carbocycles. The molecule has 0 saturated heterocycles. The van der Waals surface area contributed by atoms with E-state index < -0.39 is 0 Å². The molecule has 0 amide bonds. The maximum atomic E-state index is 5.64. The van der Waals surface area contributed by atoms with Gasteiger partial charge in [0.15, 0.2) is 0 Å². The first-order valence-electron chi connectivity index (χ1n) is 6.12. The van der Waals surface area contributed by atoms with E-state index in [2.05, 4.69) is 11.4 Å². The van der Waals surface area contributed by atoms with Crippen molar-refractivity contribution in [1.82, 2.24) is 0 Å². The summed E-state index contributed by atoms with van der Waals surface area (Å²) in [6, 6.07) is 7.93. The van der Waals surface area contributed by atoms with Crippen LogP contribution in [0.4, 0.5) is 11.4 Å². The predicted molar refractivity (Wildman–Crippen MR) is 70.5 cm³/mol. The molecule has 0 fully saturated rings. The van der Waals surface area contributed by atoms with Crippen molar-refractivity contribution in [2.45, 2.75) is 32.1 Å². The zero-order valence-electron chi connectivity index (χ0n) is 9.71. The molecule has 2 rings (SSSR count). The summed E-state index contributed by atoms with van der Waals surface area (Å²) in [6.45, 7) is 1.02. The second kappa shape index (κ2) is 5.59. The number of hydrogen-bond donors (Lipinski definition) is 2. The maximum absolute atomic E-state index is 5.64. The van der Waals surface area contributed by atoms with Gasteiger partial charge in [0, 0.05) is 17.9 Å². The Balaban J connectivity index is 1.75. The summed E-state index contributed by atoms with van der Waals surface area (Å²) in [4.78, 5) is 0. The molecule has 2 heteroatoms. The number of nitrogens with one attached hydrogen (secondary N) is 1. The molecule has 1 aromatic rings. The lowest BCUT2D eigenvalue weighted by molar-refractivity contribution is 0.679. The number of allylic oxidation sites excluding steroid dienone is 1. The van der Waals surface area contributed by atoms with Crippen LogP contribution in [0.1, 0.15) is 32.1 Å². The topological polar surface area (TPSA) is 38.0 Å². The van der Waals surface area contributed by atoms with Gasteiger partial charge in [-0.25, -0.2) is 0 Å². The van der Waals surface area contributed by atoms with E-state index in [1.54, 1.807) is 5.57 Å². The van der Waals surface area contributed by atoms with Crippen molar-refractivity contribution in [2.75, 3.05) is 17.6 Å². The van der Waals surface area contributed by atoms with Crippen LogP contribution in [0.25, 0.3) is 0 Å². The monoisotopic (exact) mass is 216 g/mol. The Kier molecular flexibility index (Phi) is 3.86. The van der Waals surface area contributed by atoms with Gasteiger partial charge in [-0.15, -0.1) is 0 Å². The standard InChI is InChI=1S/C14H20N2/c15-13-6-8-14(9-7-13)16-11-10-12-4-2-1-3-5-12/h4,6-9,16H,1-3,5,10-11,15H2. The first-order valence-corrected chi connectivity index (χ1v) is 6.12. The van der Waals surface area contributed by atoms with Crippen LogP contribution >= 0.6 is 0 Å². The van der Waals surface area contributed by atoms with Crippen LogP contribution in [-0.4, -0.2) is 6.54 Å². The normalized spacial score (nSPS) is 15.6. The minimum absolute atomic E-state index is 0.820. The van der Waals surface area contributed by atoms with Gasteiger partial charge in [0.25, 0.3) is 0 Å². The highest BCUT2D eigenvalue weighted by atomic mass is 14.9. The van der Waals surface area contributed by atoms with Crippen molar-refractivity contribution in [1.29, 1.82) is 0 Å². The zero-order chi connectivity index (χ0) is 11.2. The van der Waals surface area contributed by atoms with Crippen molar-refractivity contribution in [2.24, 2.45) is 0 Å². The molecule has 16 heavy (non-hydrogen) atoms. The maximum Gasteiger partial charge on any atom is 0.0341 e. The van der Waals surface area contributed by atoms with E-state index in [1.807, 2.05) is 24.3 Å². The Morgan fingerprint density at radius 1 is 1.12 bits per heavy atom. The van der Waals surface area contributed by atoms with Crippen LogP contribution in [0.2, 0.25) is 0 Å².